The zero-order valence-corrected chi connectivity index (χ0v) is 22.6. The van der Waals surface area contributed by atoms with Gasteiger partial charge in [-0.25, -0.2) is 4.98 Å². The van der Waals surface area contributed by atoms with E-state index in [-0.39, 0.29) is 18.0 Å². The summed E-state index contributed by atoms with van der Waals surface area (Å²) < 4.78 is 12.8. The van der Waals surface area contributed by atoms with E-state index in [9.17, 15) is 10.1 Å². The first-order valence-electron chi connectivity index (χ1n) is 11.8. The average Bonchev–Trinajstić information content (AvgIpc) is 3.43. The summed E-state index contributed by atoms with van der Waals surface area (Å²) in [6, 6.07) is 15.8. The molecular formula is C28H23Cl2N5O3. The maximum Gasteiger partial charge on any atom is 0.319 e. The Morgan fingerprint density at radius 3 is 2.34 bits per heavy atom. The molecule has 3 heterocycles. The lowest BCUT2D eigenvalue weighted by atomic mass is 10.0. The lowest BCUT2D eigenvalue weighted by molar-refractivity contribution is 0.0993. The molecule has 0 saturated heterocycles. The summed E-state index contributed by atoms with van der Waals surface area (Å²) in [5, 5.41) is 10.9. The van der Waals surface area contributed by atoms with Crippen molar-refractivity contribution in [1.82, 2.24) is 14.5 Å². The Hall–Kier alpha value is -4.06. The highest BCUT2D eigenvalue weighted by Gasteiger charge is 2.44. The van der Waals surface area contributed by atoms with E-state index >= 15 is 0 Å². The molecule has 5 rings (SSSR count). The number of amides is 1. The monoisotopic (exact) mass is 547 g/mol. The second-order valence-corrected chi connectivity index (χ2v) is 9.85. The van der Waals surface area contributed by atoms with Crippen molar-refractivity contribution in [3.8, 4) is 29.2 Å². The van der Waals surface area contributed by atoms with Gasteiger partial charge in [0.1, 0.15) is 12.1 Å². The largest absolute Gasteiger partial charge is 0.480 e. The van der Waals surface area contributed by atoms with Gasteiger partial charge in [-0.05, 0) is 55.8 Å². The number of carbonyl (C=O) groups excluding carboxylic acids is 1. The molecule has 8 nitrogen and oxygen atoms in total. The molecule has 1 atom stereocenters. The first-order valence-corrected chi connectivity index (χ1v) is 12.5. The number of nitrogens with zero attached hydrogens (tertiary/aromatic N) is 5. The molecule has 2 aromatic heterocycles. The van der Waals surface area contributed by atoms with Crippen LogP contribution in [0.1, 0.15) is 53.1 Å². The highest BCUT2D eigenvalue weighted by molar-refractivity contribution is 6.31. The zero-order chi connectivity index (χ0) is 27.1. The van der Waals surface area contributed by atoms with Crippen LogP contribution < -0.4 is 14.4 Å². The molecule has 10 heteroatoms. The van der Waals surface area contributed by atoms with Crippen LogP contribution in [0, 0.1) is 11.3 Å². The van der Waals surface area contributed by atoms with E-state index in [1.165, 1.54) is 14.2 Å². The van der Waals surface area contributed by atoms with E-state index in [0.29, 0.717) is 38.3 Å². The van der Waals surface area contributed by atoms with Crippen LogP contribution in [-0.2, 0) is 0 Å². The van der Waals surface area contributed by atoms with Gasteiger partial charge in [0.05, 0.1) is 48.0 Å². The number of rotatable bonds is 6. The van der Waals surface area contributed by atoms with Crippen LogP contribution in [0.4, 0.5) is 5.69 Å². The van der Waals surface area contributed by atoms with E-state index in [1.807, 2.05) is 32.0 Å². The number of methoxy groups -OCH3 is 2. The number of hydrogen-bond donors (Lipinski definition) is 0. The molecule has 0 fully saturated rings. The molecule has 0 radical (unpaired) electrons. The Morgan fingerprint density at radius 1 is 1.00 bits per heavy atom. The van der Waals surface area contributed by atoms with E-state index in [4.69, 9.17) is 32.7 Å². The molecule has 192 valence electrons. The predicted molar refractivity (Wildman–Crippen MR) is 145 cm³/mol. The lowest BCUT2D eigenvalue weighted by Gasteiger charge is -2.29. The number of anilines is 1. The molecule has 0 N–H and O–H groups in total. The molecule has 1 aliphatic heterocycles. The fourth-order valence-corrected chi connectivity index (χ4v) is 5.20. The van der Waals surface area contributed by atoms with Gasteiger partial charge in [-0.15, -0.1) is 0 Å². The summed E-state index contributed by atoms with van der Waals surface area (Å²) in [5.41, 5.74) is 4.21. The maximum atomic E-state index is 14.2. The van der Waals surface area contributed by atoms with Crippen LogP contribution in [0.15, 0.2) is 54.7 Å². The summed E-state index contributed by atoms with van der Waals surface area (Å²) in [6.07, 6.45) is 1.62. The molecule has 1 amide bonds. The molecule has 1 unspecified atom stereocenters. The highest BCUT2D eigenvalue weighted by atomic mass is 35.5. The van der Waals surface area contributed by atoms with Gasteiger partial charge < -0.3 is 14.0 Å². The van der Waals surface area contributed by atoms with E-state index < -0.39 is 6.04 Å². The summed E-state index contributed by atoms with van der Waals surface area (Å²) in [6.45, 7) is 4.07. The molecule has 0 saturated carbocycles. The first kappa shape index (κ1) is 25.6. The predicted octanol–water partition coefficient (Wildman–Crippen LogP) is 6.47. The highest BCUT2D eigenvalue weighted by Crippen LogP contribution is 2.48. The van der Waals surface area contributed by atoms with Gasteiger partial charge in [-0.2, -0.15) is 10.2 Å². The van der Waals surface area contributed by atoms with E-state index in [0.717, 1.165) is 17.0 Å². The van der Waals surface area contributed by atoms with Gasteiger partial charge >= 0.3 is 6.01 Å². The van der Waals surface area contributed by atoms with Gasteiger partial charge in [0.2, 0.25) is 5.88 Å². The number of hydrogen-bond acceptors (Lipinski definition) is 6. The summed E-state index contributed by atoms with van der Waals surface area (Å²) in [5.74, 6) is 0.0663. The molecule has 2 aromatic carbocycles. The normalized spacial score (nSPS) is 14.5. The summed E-state index contributed by atoms with van der Waals surface area (Å²) >= 11 is 12.5. The fraction of sp³-hybridized carbons (Fsp3) is 0.214. The minimum absolute atomic E-state index is 0.0575. The summed E-state index contributed by atoms with van der Waals surface area (Å²) in [4.78, 5) is 24.4. The topological polar surface area (TPSA) is 93.3 Å². The summed E-state index contributed by atoms with van der Waals surface area (Å²) in [7, 11) is 3.00. The molecule has 0 bridgehead atoms. The molecular weight excluding hydrogens is 525 g/mol. The molecule has 38 heavy (non-hydrogen) atoms. The number of halogens is 2. The van der Waals surface area contributed by atoms with Crippen molar-refractivity contribution in [2.45, 2.75) is 25.9 Å². The minimum Gasteiger partial charge on any atom is -0.480 e. The van der Waals surface area contributed by atoms with Crippen molar-refractivity contribution in [2.75, 3.05) is 19.1 Å². The van der Waals surface area contributed by atoms with E-state index in [2.05, 4.69) is 20.6 Å². The number of ether oxygens (including phenoxy) is 2. The number of nitriles is 1. The van der Waals surface area contributed by atoms with Crippen LogP contribution in [0.3, 0.4) is 0 Å². The Bertz CT molecular complexity index is 1590. The Labute approximate surface area is 230 Å². The third-order valence-electron chi connectivity index (χ3n) is 6.47. The van der Waals surface area contributed by atoms with Crippen LogP contribution in [-0.4, -0.2) is 34.7 Å². The van der Waals surface area contributed by atoms with Gasteiger partial charge in [0, 0.05) is 22.3 Å². The fourth-order valence-electron chi connectivity index (χ4n) is 4.90. The number of aromatic nitrogens is 3. The quantitative estimate of drug-likeness (QED) is 0.274. The average molecular weight is 548 g/mol. The van der Waals surface area contributed by atoms with E-state index in [1.54, 1.807) is 41.4 Å². The van der Waals surface area contributed by atoms with Crippen LogP contribution in [0.5, 0.6) is 11.9 Å². The van der Waals surface area contributed by atoms with Gasteiger partial charge in [0.15, 0.2) is 0 Å². The van der Waals surface area contributed by atoms with Crippen molar-refractivity contribution < 1.29 is 14.3 Å². The van der Waals surface area contributed by atoms with Crippen molar-refractivity contribution in [2.24, 2.45) is 0 Å². The van der Waals surface area contributed by atoms with Gasteiger partial charge in [-0.1, -0.05) is 35.3 Å². The maximum absolute atomic E-state index is 14.2. The van der Waals surface area contributed by atoms with Gasteiger partial charge in [0.25, 0.3) is 5.91 Å². The molecule has 4 aromatic rings. The SMILES string of the molecule is COc1ncc(-c2cc3c(n2C(C)C)C(c2ccc(Cl)cc2)N(c2cc(Cl)ccc2C#N)C3=O)c(OC)n1. The molecule has 0 spiro atoms. The first-order chi connectivity index (χ1) is 18.3. The zero-order valence-electron chi connectivity index (χ0n) is 21.1. The Balaban J connectivity index is 1.80. The smallest absolute Gasteiger partial charge is 0.319 e. The number of benzene rings is 2. The van der Waals surface area contributed by atoms with Crippen molar-refractivity contribution in [1.29, 1.82) is 5.26 Å². The second-order valence-electron chi connectivity index (χ2n) is 8.97. The van der Waals surface area contributed by atoms with Crippen molar-refractivity contribution in [3.63, 3.8) is 0 Å². The van der Waals surface area contributed by atoms with Crippen LogP contribution >= 0.6 is 23.2 Å². The third kappa shape index (κ3) is 4.14. The van der Waals surface area contributed by atoms with Crippen molar-refractivity contribution >= 4 is 34.8 Å². The van der Waals surface area contributed by atoms with Crippen LogP contribution in [0.2, 0.25) is 10.0 Å². The third-order valence-corrected chi connectivity index (χ3v) is 6.96. The van der Waals surface area contributed by atoms with Gasteiger partial charge in [-0.3, -0.25) is 9.69 Å². The molecule has 1 aliphatic rings. The standard InChI is InChI=1S/C28H23Cl2N5O3/c1-15(2)34-23(21-14-32-28(38-4)33-26(21)37-3)12-20-25(34)24(16-5-8-18(29)9-6-16)35(27(20)36)22-11-19(30)10-7-17(22)13-31/h5-12,14-15,24H,1-4H3. The Morgan fingerprint density at radius 2 is 1.71 bits per heavy atom. The second kappa shape index (κ2) is 10.0. The lowest BCUT2D eigenvalue weighted by Crippen LogP contribution is -2.30. The number of carbonyl (C=O) groups is 1. The van der Waals surface area contributed by atoms with Crippen LogP contribution in [0.25, 0.3) is 11.3 Å². The molecule has 0 aliphatic carbocycles. The minimum atomic E-state index is -0.554. The van der Waals surface area contributed by atoms with Crippen molar-refractivity contribution in [3.05, 3.63) is 87.2 Å². The number of fused-ring (bicyclic) bond motifs is 1. The Kier molecular flexibility index (Phi) is 6.74.